The van der Waals surface area contributed by atoms with E-state index in [0.717, 1.165) is 26.3 Å². The maximum Gasteiger partial charge on any atom is 0.289 e. The first-order valence-electron chi connectivity index (χ1n) is 8.23. The van der Waals surface area contributed by atoms with Crippen molar-refractivity contribution in [3.05, 3.63) is 52.9 Å². The van der Waals surface area contributed by atoms with Crippen molar-refractivity contribution < 1.29 is 14.1 Å². The Morgan fingerprint density at radius 1 is 1.29 bits per heavy atom. The molecule has 6 nitrogen and oxygen atoms in total. The van der Waals surface area contributed by atoms with Gasteiger partial charge < -0.3 is 14.6 Å². The van der Waals surface area contributed by atoms with Gasteiger partial charge in [0.15, 0.2) is 0 Å². The monoisotopic (exact) mass is 329 g/mol. The fourth-order valence-electron chi connectivity index (χ4n) is 2.97. The van der Waals surface area contributed by atoms with Gasteiger partial charge in [0.05, 0.1) is 24.9 Å². The molecule has 1 unspecified atom stereocenters. The predicted molar refractivity (Wildman–Crippen MR) is 89.9 cm³/mol. The summed E-state index contributed by atoms with van der Waals surface area (Å²) < 4.78 is 10.5. The Morgan fingerprint density at radius 2 is 2.08 bits per heavy atom. The van der Waals surface area contributed by atoms with Crippen LogP contribution in [-0.2, 0) is 4.74 Å². The number of hydrogen-bond acceptors (Lipinski definition) is 5. The first kappa shape index (κ1) is 16.7. The molecule has 1 atom stereocenters. The highest BCUT2D eigenvalue weighted by Gasteiger charge is 2.24. The number of aryl methyl sites for hydroxylation is 2. The van der Waals surface area contributed by atoms with Gasteiger partial charge in [0, 0.05) is 25.7 Å². The summed E-state index contributed by atoms with van der Waals surface area (Å²) in [7, 11) is 0. The lowest BCUT2D eigenvalue weighted by atomic mass is 10.0. The SMILES string of the molecule is Cc1cccc(C(CNC(=O)c2cc(C)no2)N2CCOCC2)c1. The van der Waals surface area contributed by atoms with Crippen LogP contribution in [0.2, 0.25) is 0 Å². The first-order chi connectivity index (χ1) is 11.6. The van der Waals surface area contributed by atoms with Gasteiger partial charge in [0.25, 0.3) is 5.91 Å². The third kappa shape index (κ3) is 4.01. The minimum absolute atomic E-state index is 0.113. The highest BCUT2D eigenvalue weighted by atomic mass is 16.5. The van der Waals surface area contributed by atoms with Crippen molar-refractivity contribution in [1.82, 2.24) is 15.4 Å². The number of aromatic nitrogens is 1. The molecule has 0 radical (unpaired) electrons. The number of nitrogens with zero attached hydrogens (tertiary/aromatic N) is 2. The summed E-state index contributed by atoms with van der Waals surface area (Å²) in [5, 5.41) is 6.73. The summed E-state index contributed by atoms with van der Waals surface area (Å²) in [5.74, 6) is 0.0129. The molecule has 2 aromatic rings. The fourth-order valence-corrected chi connectivity index (χ4v) is 2.97. The maximum absolute atomic E-state index is 12.3. The normalized spacial score (nSPS) is 16.8. The van der Waals surface area contributed by atoms with Crippen LogP contribution in [0.4, 0.5) is 0 Å². The molecule has 1 saturated heterocycles. The van der Waals surface area contributed by atoms with Gasteiger partial charge in [0.1, 0.15) is 0 Å². The predicted octanol–water partition coefficient (Wildman–Crippen LogP) is 2.09. The van der Waals surface area contributed by atoms with Crippen LogP contribution in [0.1, 0.15) is 33.4 Å². The smallest absolute Gasteiger partial charge is 0.289 e. The number of amides is 1. The van der Waals surface area contributed by atoms with Crippen molar-refractivity contribution in [2.75, 3.05) is 32.8 Å². The maximum atomic E-state index is 12.3. The third-order valence-corrected chi connectivity index (χ3v) is 4.22. The van der Waals surface area contributed by atoms with E-state index in [0.29, 0.717) is 12.2 Å². The minimum Gasteiger partial charge on any atom is -0.379 e. The van der Waals surface area contributed by atoms with Crippen molar-refractivity contribution in [2.45, 2.75) is 19.9 Å². The minimum atomic E-state index is -0.235. The molecule has 0 aliphatic carbocycles. The Balaban J connectivity index is 1.73. The number of morpholine rings is 1. The lowest BCUT2D eigenvalue weighted by Gasteiger charge is -2.35. The highest BCUT2D eigenvalue weighted by molar-refractivity contribution is 5.91. The standard InChI is InChI=1S/C18H23N3O3/c1-13-4-3-5-15(10-13)16(21-6-8-23-9-7-21)12-19-18(22)17-11-14(2)20-24-17/h3-5,10-11,16H,6-9,12H2,1-2H3,(H,19,22). The second-order valence-corrected chi connectivity index (χ2v) is 6.12. The summed E-state index contributed by atoms with van der Waals surface area (Å²) >= 11 is 0. The molecule has 1 aliphatic heterocycles. The molecule has 128 valence electrons. The van der Waals surface area contributed by atoms with Crippen LogP contribution in [-0.4, -0.2) is 48.8 Å². The number of carbonyl (C=O) groups is 1. The second-order valence-electron chi connectivity index (χ2n) is 6.12. The average Bonchev–Trinajstić information content (AvgIpc) is 3.02. The molecular formula is C18H23N3O3. The van der Waals surface area contributed by atoms with E-state index in [4.69, 9.17) is 9.26 Å². The Hall–Kier alpha value is -2.18. The van der Waals surface area contributed by atoms with Crippen molar-refractivity contribution in [3.8, 4) is 0 Å². The third-order valence-electron chi connectivity index (χ3n) is 4.22. The van der Waals surface area contributed by atoms with E-state index in [1.807, 2.05) is 0 Å². The van der Waals surface area contributed by atoms with Gasteiger partial charge in [-0.15, -0.1) is 0 Å². The van der Waals surface area contributed by atoms with E-state index < -0.39 is 0 Å². The van der Waals surface area contributed by atoms with Crippen molar-refractivity contribution >= 4 is 5.91 Å². The number of nitrogens with one attached hydrogen (secondary N) is 1. The van der Waals surface area contributed by atoms with E-state index in [9.17, 15) is 4.79 Å². The molecule has 0 spiro atoms. The van der Waals surface area contributed by atoms with Crippen molar-refractivity contribution in [3.63, 3.8) is 0 Å². The summed E-state index contributed by atoms with van der Waals surface area (Å²) in [6.07, 6.45) is 0. The quantitative estimate of drug-likeness (QED) is 0.910. The van der Waals surface area contributed by atoms with Gasteiger partial charge in [-0.3, -0.25) is 9.69 Å². The van der Waals surface area contributed by atoms with E-state index in [1.165, 1.54) is 11.1 Å². The van der Waals surface area contributed by atoms with Gasteiger partial charge >= 0.3 is 0 Å². The second kappa shape index (κ2) is 7.59. The molecule has 6 heteroatoms. The number of carbonyl (C=O) groups excluding carboxylic acids is 1. The Morgan fingerprint density at radius 3 is 2.75 bits per heavy atom. The number of rotatable bonds is 5. The largest absolute Gasteiger partial charge is 0.379 e. The van der Waals surface area contributed by atoms with E-state index in [-0.39, 0.29) is 17.7 Å². The lowest BCUT2D eigenvalue weighted by Crippen LogP contribution is -2.43. The van der Waals surface area contributed by atoms with Crippen LogP contribution in [0.15, 0.2) is 34.9 Å². The molecule has 0 saturated carbocycles. The summed E-state index contributed by atoms with van der Waals surface area (Å²) in [4.78, 5) is 14.6. The molecule has 1 fully saturated rings. The zero-order valence-electron chi connectivity index (χ0n) is 14.1. The van der Waals surface area contributed by atoms with Crippen LogP contribution < -0.4 is 5.32 Å². The molecule has 0 bridgehead atoms. The van der Waals surface area contributed by atoms with Gasteiger partial charge in [-0.05, 0) is 19.4 Å². The van der Waals surface area contributed by atoms with Gasteiger partial charge in [0.2, 0.25) is 5.76 Å². The molecule has 1 aromatic heterocycles. The molecule has 1 N–H and O–H groups in total. The Bertz CT molecular complexity index is 692. The van der Waals surface area contributed by atoms with Crippen molar-refractivity contribution in [2.24, 2.45) is 0 Å². The Labute approximate surface area is 141 Å². The number of hydrogen-bond donors (Lipinski definition) is 1. The first-order valence-corrected chi connectivity index (χ1v) is 8.23. The van der Waals surface area contributed by atoms with Crippen LogP contribution in [0, 0.1) is 13.8 Å². The Kier molecular flexibility index (Phi) is 5.27. The van der Waals surface area contributed by atoms with E-state index in [1.54, 1.807) is 13.0 Å². The van der Waals surface area contributed by atoms with Crippen LogP contribution in [0.25, 0.3) is 0 Å². The van der Waals surface area contributed by atoms with E-state index >= 15 is 0 Å². The molecule has 2 heterocycles. The highest BCUT2D eigenvalue weighted by Crippen LogP contribution is 2.22. The zero-order valence-corrected chi connectivity index (χ0v) is 14.1. The molecular weight excluding hydrogens is 306 g/mol. The van der Waals surface area contributed by atoms with Crippen molar-refractivity contribution in [1.29, 1.82) is 0 Å². The number of ether oxygens (including phenoxy) is 1. The average molecular weight is 329 g/mol. The fraction of sp³-hybridized carbons (Fsp3) is 0.444. The molecule has 3 rings (SSSR count). The van der Waals surface area contributed by atoms with Crippen LogP contribution in [0.5, 0.6) is 0 Å². The van der Waals surface area contributed by atoms with Gasteiger partial charge in [-0.1, -0.05) is 35.0 Å². The topological polar surface area (TPSA) is 67.6 Å². The summed E-state index contributed by atoms with van der Waals surface area (Å²) in [5.41, 5.74) is 3.11. The van der Waals surface area contributed by atoms with Crippen LogP contribution in [0.3, 0.4) is 0 Å². The van der Waals surface area contributed by atoms with Crippen LogP contribution >= 0.6 is 0 Å². The molecule has 1 aliphatic rings. The molecule has 24 heavy (non-hydrogen) atoms. The summed E-state index contributed by atoms with van der Waals surface area (Å²) in [6, 6.07) is 10.2. The number of benzene rings is 1. The summed E-state index contributed by atoms with van der Waals surface area (Å²) in [6.45, 7) is 7.54. The molecule has 1 aromatic carbocycles. The van der Waals surface area contributed by atoms with Gasteiger partial charge in [-0.25, -0.2) is 0 Å². The zero-order chi connectivity index (χ0) is 16.9. The van der Waals surface area contributed by atoms with Gasteiger partial charge in [-0.2, -0.15) is 0 Å². The molecule has 1 amide bonds. The lowest BCUT2D eigenvalue weighted by molar-refractivity contribution is 0.0161. The van der Waals surface area contributed by atoms with E-state index in [2.05, 4.69) is 46.6 Å².